The molecule has 2 aliphatic rings. The fourth-order valence-corrected chi connectivity index (χ4v) is 4.41. The smallest absolute Gasteiger partial charge is 0.191 e. The van der Waals surface area contributed by atoms with Gasteiger partial charge in [0.2, 0.25) is 0 Å². The molecule has 1 saturated heterocycles. The highest BCUT2D eigenvalue weighted by molar-refractivity contribution is 14.0. The molecular formula is C22H37IN4O2. The molecule has 1 heterocycles. The van der Waals surface area contributed by atoms with Crippen LogP contribution in [0.3, 0.4) is 0 Å². The summed E-state index contributed by atoms with van der Waals surface area (Å²) >= 11 is 0. The lowest BCUT2D eigenvalue weighted by atomic mass is 10.0. The second kappa shape index (κ2) is 12.6. The van der Waals surface area contributed by atoms with Crippen LogP contribution in [0.5, 0.6) is 5.75 Å². The number of hydrogen-bond donors (Lipinski definition) is 3. The van der Waals surface area contributed by atoms with E-state index < -0.39 is 0 Å². The van der Waals surface area contributed by atoms with Crippen LogP contribution in [0.25, 0.3) is 0 Å². The zero-order chi connectivity index (χ0) is 19.8. The first-order valence-corrected chi connectivity index (χ1v) is 10.8. The summed E-state index contributed by atoms with van der Waals surface area (Å²) in [5.74, 6) is 2.09. The summed E-state index contributed by atoms with van der Waals surface area (Å²) in [5.41, 5.74) is 1.21. The predicted octanol–water partition coefficient (Wildman–Crippen LogP) is 3.17. The number of guanidine groups is 1. The molecule has 0 amide bonds. The Hall–Kier alpha value is -1.06. The van der Waals surface area contributed by atoms with Gasteiger partial charge in [0.1, 0.15) is 5.75 Å². The Morgan fingerprint density at radius 2 is 1.97 bits per heavy atom. The summed E-state index contributed by atoms with van der Waals surface area (Å²) in [6.07, 6.45) is 5.43. The largest absolute Gasteiger partial charge is 0.496 e. The molecule has 7 heteroatoms. The standard InChI is InChI=1S/C22H36N4O2.HI/c1-3-23-22(24-15-17-9-8-11-20(17)27)25-16-19(26-13-6-7-14-26)18-10-4-5-12-21(18)28-2;/h4-5,10,12,17,19-20,27H,3,6-9,11,13-16H2,1-2H3,(H2,23,24,25);1H. The van der Waals surface area contributed by atoms with Gasteiger partial charge < -0.3 is 20.5 Å². The maximum absolute atomic E-state index is 10.1. The molecule has 0 aromatic heterocycles. The number of nitrogens with one attached hydrogen (secondary N) is 2. The first-order chi connectivity index (χ1) is 13.7. The van der Waals surface area contributed by atoms with Gasteiger partial charge in [-0.3, -0.25) is 9.89 Å². The average Bonchev–Trinajstić information content (AvgIpc) is 3.38. The number of para-hydroxylation sites is 1. The fraction of sp³-hybridized carbons (Fsp3) is 0.682. The number of aliphatic hydroxyl groups excluding tert-OH is 1. The Labute approximate surface area is 192 Å². The highest BCUT2D eigenvalue weighted by atomic mass is 127. The van der Waals surface area contributed by atoms with Crippen molar-refractivity contribution in [1.29, 1.82) is 0 Å². The number of methoxy groups -OCH3 is 1. The quantitative estimate of drug-likeness (QED) is 0.282. The molecule has 0 bridgehead atoms. The molecule has 1 aromatic carbocycles. The monoisotopic (exact) mass is 516 g/mol. The van der Waals surface area contributed by atoms with Crippen molar-refractivity contribution in [2.24, 2.45) is 10.9 Å². The van der Waals surface area contributed by atoms with Crippen LogP contribution >= 0.6 is 24.0 Å². The number of likely N-dealkylation sites (tertiary alicyclic amines) is 1. The van der Waals surface area contributed by atoms with Crippen molar-refractivity contribution >= 4 is 29.9 Å². The van der Waals surface area contributed by atoms with Crippen LogP contribution in [0.15, 0.2) is 29.3 Å². The van der Waals surface area contributed by atoms with Gasteiger partial charge in [-0.15, -0.1) is 24.0 Å². The van der Waals surface area contributed by atoms with Crippen LogP contribution in [-0.4, -0.2) is 61.9 Å². The summed E-state index contributed by atoms with van der Waals surface area (Å²) in [4.78, 5) is 7.43. The topological polar surface area (TPSA) is 69.1 Å². The van der Waals surface area contributed by atoms with E-state index in [-0.39, 0.29) is 36.1 Å². The Kier molecular flexibility index (Phi) is 10.5. The van der Waals surface area contributed by atoms with E-state index >= 15 is 0 Å². The Bertz CT molecular complexity index is 637. The van der Waals surface area contributed by atoms with Gasteiger partial charge in [-0.2, -0.15) is 0 Å². The summed E-state index contributed by atoms with van der Waals surface area (Å²) < 4.78 is 5.63. The molecule has 1 saturated carbocycles. The fourth-order valence-electron chi connectivity index (χ4n) is 4.41. The number of ether oxygens (including phenoxy) is 1. The van der Waals surface area contributed by atoms with Crippen LogP contribution in [-0.2, 0) is 0 Å². The van der Waals surface area contributed by atoms with Crippen molar-refractivity contribution < 1.29 is 9.84 Å². The lowest BCUT2D eigenvalue weighted by molar-refractivity contribution is 0.134. The number of aliphatic imine (C=N–C) groups is 1. The highest BCUT2D eigenvalue weighted by Gasteiger charge is 2.27. The van der Waals surface area contributed by atoms with Crippen molar-refractivity contribution in [1.82, 2.24) is 15.5 Å². The maximum atomic E-state index is 10.1. The van der Waals surface area contributed by atoms with Crippen LogP contribution in [0.4, 0.5) is 0 Å². The Balaban J connectivity index is 0.00000300. The van der Waals surface area contributed by atoms with Crippen molar-refractivity contribution in [3.05, 3.63) is 29.8 Å². The third-order valence-electron chi connectivity index (χ3n) is 6.00. The summed E-state index contributed by atoms with van der Waals surface area (Å²) in [6.45, 7) is 6.58. The van der Waals surface area contributed by atoms with E-state index in [1.54, 1.807) is 7.11 Å². The van der Waals surface area contributed by atoms with Gasteiger partial charge >= 0.3 is 0 Å². The van der Waals surface area contributed by atoms with Crippen LogP contribution in [0.1, 0.15) is 50.6 Å². The number of benzene rings is 1. The number of aliphatic hydroxyl groups is 1. The van der Waals surface area contributed by atoms with Crippen molar-refractivity contribution in [3.8, 4) is 5.75 Å². The minimum atomic E-state index is -0.179. The number of halogens is 1. The zero-order valence-electron chi connectivity index (χ0n) is 17.8. The van der Waals surface area contributed by atoms with Crippen molar-refractivity contribution in [2.75, 3.05) is 39.8 Å². The van der Waals surface area contributed by atoms with Gasteiger partial charge in [0.25, 0.3) is 0 Å². The second-order valence-electron chi connectivity index (χ2n) is 7.86. The normalized spacial score (nSPS) is 23.5. The molecule has 3 unspecified atom stereocenters. The highest BCUT2D eigenvalue weighted by Crippen LogP contribution is 2.32. The molecule has 6 nitrogen and oxygen atoms in total. The molecular weight excluding hydrogens is 479 g/mol. The number of hydrogen-bond acceptors (Lipinski definition) is 4. The molecule has 3 atom stereocenters. The van der Waals surface area contributed by atoms with E-state index in [1.807, 2.05) is 12.1 Å². The molecule has 0 spiro atoms. The lowest BCUT2D eigenvalue weighted by Crippen LogP contribution is -2.41. The first-order valence-electron chi connectivity index (χ1n) is 10.8. The molecule has 0 radical (unpaired) electrons. The maximum Gasteiger partial charge on any atom is 0.191 e. The zero-order valence-corrected chi connectivity index (χ0v) is 20.1. The van der Waals surface area contributed by atoms with Crippen molar-refractivity contribution in [2.45, 2.75) is 51.2 Å². The summed E-state index contributed by atoms with van der Waals surface area (Å²) in [6, 6.07) is 8.51. The van der Waals surface area contributed by atoms with Crippen LogP contribution in [0, 0.1) is 5.92 Å². The van der Waals surface area contributed by atoms with Gasteiger partial charge in [0.05, 0.1) is 25.8 Å². The van der Waals surface area contributed by atoms with Gasteiger partial charge in [0.15, 0.2) is 5.96 Å². The van der Waals surface area contributed by atoms with Gasteiger partial charge in [-0.1, -0.05) is 24.6 Å². The number of nitrogens with zero attached hydrogens (tertiary/aromatic N) is 2. The molecule has 1 aliphatic heterocycles. The van der Waals surface area contributed by atoms with Gasteiger partial charge in [-0.25, -0.2) is 0 Å². The molecule has 3 rings (SSSR count). The minimum Gasteiger partial charge on any atom is -0.496 e. The van der Waals surface area contributed by atoms with E-state index in [1.165, 1.54) is 18.4 Å². The van der Waals surface area contributed by atoms with E-state index in [0.717, 1.165) is 57.2 Å². The molecule has 1 aliphatic carbocycles. The van der Waals surface area contributed by atoms with Crippen LogP contribution < -0.4 is 15.4 Å². The Morgan fingerprint density at radius 1 is 1.21 bits per heavy atom. The van der Waals surface area contributed by atoms with Crippen LogP contribution in [0.2, 0.25) is 0 Å². The third-order valence-corrected chi connectivity index (χ3v) is 6.00. The molecule has 29 heavy (non-hydrogen) atoms. The van der Waals surface area contributed by atoms with Gasteiger partial charge in [0, 0.05) is 24.6 Å². The van der Waals surface area contributed by atoms with Crippen molar-refractivity contribution in [3.63, 3.8) is 0 Å². The molecule has 1 aromatic rings. The Morgan fingerprint density at radius 3 is 2.62 bits per heavy atom. The van der Waals surface area contributed by atoms with E-state index in [9.17, 15) is 5.11 Å². The minimum absolute atomic E-state index is 0. The van der Waals surface area contributed by atoms with E-state index in [2.05, 4.69) is 34.6 Å². The van der Waals surface area contributed by atoms with E-state index in [4.69, 9.17) is 9.73 Å². The predicted molar refractivity (Wildman–Crippen MR) is 129 cm³/mol. The molecule has 2 fully saturated rings. The van der Waals surface area contributed by atoms with E-state index in [0.29, 0.717) is 12.5 Å². The molecule has 3 N–H and O–H groups in total. The van der Waals surface area contributed by atoms with Gasteiger partial charge in [-0.05, 0) is 51.8 Å². The first kappa shape index (κ1) is 24.2. The third kappa shape index (κ3) is 6.72. The second-order valence-corrected chi connectivity index (χ2v) is 7.86. The lowest BCUT2D eigenvalue weighted by Gasteiger charge is -2.28. The molecule has 164 valence electrons. The summed E-state index contributed by atoms with van der Waals surface area (Å²) in [5, 5.41) is 16.9. The number of rotatable bonds is 8. The average molecular weight is 516 g/mol. The summed E-state index contributed by atoms with van der Waals surface area (Å²) in [7, 11) is 1.74. The SMILES string of the molecule is CCNC(=NCC(c1ccccc1OC)N1CCCC1)NCC1CCCC1O.I.